The molecule has 1 unspecified atom stereocenters. The first-order valence-corrected chi connectivity index (χ1v) is 15.5. The Labute approximate surface area is 269 Å². The van der Waals surface area contributed by atoms with E-state index in [0.717, 1.165) is 32.0 Å². The van der Waals surface area contributed by atoms with Crippen LogP contribution in [-0.2, 0) is 0 Å². The molecule has 4 heterocycles. The molecule has 0 saturated carbocycles. The number of amides is 1. The molecule has 0 bridgehead atoms. The van der Waals surface area contributed by atoms with Crippen LogP contribution in [-0.4, -0.2) is 89.0 Å². The van der Waals surface area contributed by atoms with Crippen molar-refractivity contribution in [2.45, 2.75) is 44.9 Å². The number of ketones is 1. The maximum atomic E-state index is 13.9. The number of carbonyl (C=O) groups excluding carboxylic acids is 2. The summed E-state index contributed by atoms with van der Waals surface area (Å²) in [7, 11) is 0. The summed E-state index contributed by atoms with van der Waals surface area (Å²) >= 11 is 12.6. The number of halogens is 5. The van der Waals surface area contributed by atoms with E-state index in [-0.39, 0.29) is 17.8 Å². The lowest BCUT2D eigenvalue weighted by Gasteiger charge is -2.38. The molecule has 45 heavy (non-hydrogen) atoms. The summed E-state index contributed by atoms with van der Waals surface area (Å²) in [5, 5.41) is 4.15. The van der Waals surface area contributed by atoms with Gasteiger partial charge in [-0.15, -0.1) is 0 Å². The van der Waals surface area contributed by atoms with Gasteiger partial charge in [0.2, 0.25) is 0 Å². The van der Waals surface area contributed by atoms with Crippen LogP contribution in [0, 0.1) is 0 Å². The van der Waals surface area contributed by atoms with Crippen LogP contribution in [0.4, 0.5) is 30.6 Å². The number of piperidine rings is 1. The predicted molar refractivity (Wildman–Crippen MR) is 170 cm³/mol. The summed E-state index contributed by atoms with van der Waals surface area (Å²) in [6.45, 7) is 8.10. The van der Waals surface area contributed by atoms with Gasteiger partial charge in [0.1, 0.15) is 17.5 Å². The summed E-state index contributed by atoms with van der Waals surface area (Å²) in [4.78, 5) is 40.8. The van der Waals surface area contributed by atoms with E-state index in [1.165, 1.54) is 6.07 Å². The van der Waals surface area contributed by atoms with Crippen molar-refractivity contribution in [2.24, 2.45) is 0 Å². The third-order valence-corrected chi connectivity index (χ3v) is 8.69. The van der Waals surface area contributed by atoms with Crippen molar-refractivity contribution in [3.05, 3.63) is 63.6 Å². The number of carbonyl (C=O) groups is 2. The molecule has 2 aliphatic heterocycles. The number of piperazine rings is 1. The van der Waals surface area contributed by atoms with Crippen molar-refractivity contribution >= 4 is 52.3 Å². The number of pyridine rings is 2. The summed E-state index contributed by atoms with van der Waals surface area (Å²) < 4.78 is 38.8. The third kappa shape index (κ3) is 7.45. The minimum atomic E-state index is -5.05. The molecule has 2 fully saturated rings. The van der Waals surface area contributed by atoms with Crippen molar-refractivity contribution in [3.63, 3.8) is 0 Å². The highest BCUT2D eigenvalue weighted by molar-refractivity contribution is 6.36. The Bertz CT molecular complexity index is 1580. The number of nitrogens with one attached hydrogen (secondary N) is 1. The summed E-state index contributed by atoms with van der Waals surface area (Å²) in [6, 6.07) is 11.3. The van der Waals surface area contributed by atoms with Crippen molar-refractivity contribution in [1.29, 1.82) is 0 Å². The molecule has 2 saturated heterocycles. The molecule has 1 aromatic carbocycles. The number of nitrogen functional groups attached to an aromatic ring is 1. The van der Waals surface area contributed by atoms with Crippen molar-refractivity contribution in [1.82, 2.24) is 19.8 Å². The van der Waals surface area contributed by atoms with Crippen LogP contribution in [0.2, 0.25) is 10.0 Å². The zero-order valence-electron chi connectivity index (χ0n) is 24.9. The number of hydrogen-bond acceptors (Lipinski definition) is 8. The summed E-state index contributed by atoms with van der Waals surface area (Å²) in [6.07, 6.45) is -3.58. The van der Waals surface area contributed by atoms with E-state index in [9.17, 15) is 22.8 Å². The Morgan fingerprint density at radius 3 is 2.33 bits per heavy atom. The average molecular weight is 665 g/mol. The van der Waals surface area contributed by atoms with Gasteiger partial charge in [0.25, 0.3) is 11.7 Å². The number of alkyl halides is 3. The number of anilines is 3. The third-order valence-electron chi connectivity index (χ3n) is 8.14. The Balaban J connectivity index is 1.42. The maximum Gasteiger partial charge on any atom is 0.455 e. The minimum absolute atomic E-state index is 0.107. The maximum absolute atomic E-state index is 13.9. The highest BCUT2D eigenvalue weighted by atomic mass is 35.5. The van der Waals surface area contributed by atoms with Crippen LogP contribution in [0.25, 0.3) is 11.3 Å². The van der Waals surface area contributed by atoms with E-state index in [0.29, 0.717) is 64.9 Å². The molecule has 3 aromatic rings. The van der Waals surface area contributed by atoms with E-state index in [4.69, 9.17) is 33.9 Å². The Morgan fingerprint density at radius 2 is 1.69 bits per heavy atom. The lowest BCUT2D eigenvalue weighted by atomic mass is 10.0. The van der Waals surface area contributed by atoms with Gasteiger partial charge in [0.05, 0.1) is 21.8 Å². The van der Waals surface area contributed by atoms with Crippen molar-refractivity contribution in [2.75, 3.05) is 55.2 Å². The van der Waals surface area contributed by atoms with Gasteiger partial charge in [-0.25, -0.2) is 9.97 Å². The van der Waals surface area contributed by atoms with Gasteiger partial charge in [-0.1, -0.05) is 23.2 Å². The topological polar surface area (TPSA) is 108 Å². The highest BCUT2D eigenvalue weighted by Crippen LogP contribution is 2.33. The molecule has 0 radical (unpaired) electrons. The number of nitrogens with two attached hydrogens (primary N) is 1. The van der Waals surface area contributed by atoms with Crippen LogP contribution >= 0.6 is 23.2 Å². The number of nitrogens with zero attached hydrogens (tertiary/aromatic N) is 5. The second kappa shape index (κ2) is 13.4. The van der Waals surface area contributed by atoms with Gasteiger partial charge in [-0.3, -0.25) is 14.5 Å². The molecular formula is C31H34Cl2F3N7O2. The molecule has 1 atom stereocenters. The predicted octanol–water partition coefficient (Wildman–Crippen LogP) is 6.02. The van der Waals surface area contributed by atoms with Crippen LogP contribution < -0.4 is 16.0 Å². The molecule has 0 aliphatic carbocycles. The smallest absolute Gasteiger partial charge is 0.383 e. The number of Topliss-reactive ketones (excluding diaryl/α,β-unsaturated/α-hetero) is 1. The first-order chi connectivity index (χ1) is 21.3. The standard InChI is InChI=1S/C31H34Cl2F3N7O2/c1-18(2)41-12-14-42(15-13-41)30(45)23-7-9-25(21-6-5-19(32)16-24(21)33)39-29(23)43-11-3-4-20(17-43)38-26-10-8-22(28(37)40-26)27(44)31(34,35)36/h5-10,16,18,20H,3-4,11-15,17H2,1-2H3,(H3,37,38,40). The van der Waals surface area contributed by atoms with Gasteiger partial charge in [-0.2, -0.15) is 13.2 Å². The number of rotatable bonds is 7. The Kier molecular flexibility index (Phi) is 9.76. The fourth-order valence-electron chi connectivity index (χ4n) is 5.71. The number of benzene rings is 1. The normalized spacial score (nSPS) is 17.9. The minimum Gasteiger partial charge on any atom is -0.383 e. The zero-order valence-corrected chi connectivity index (χ0v) is 26.4. The number of hydrogen-bond donors (Lipinski definition) is 2. The molecule has 3 N–H and O–H groups in total. The molecule has 0 spiro atoms. The Hall–Kier alpha value is -3.61. The largest absolute Gasteiger partial charge is 0.455 e. The van der Waals surface area contributed by atoms with Gasteiger partial charge in [-0.05, 0) is 69.2 Å². The summed E-state index contributed by atoms with van der Waals surface area (Å²) in [5.74, 6) is -1.90. The first-order valence-electron chi connectivity index (χ1n) is 14.7. The highest BCUT2D eigenvalue weighted by Gasteiger charge is 2.40. The van der Waals surface area contributed by atoms with E-state index in [1.807, 2.05) is 9.80 Å². The molecule has 14 heteroatoms. The molecule has 5 rings (SSSR count). The van der Waals surface area contributed by atoms with Crippen molar-refractivity contribution < 1.29 is 22.8 Å². The van der Waals surface area contributed by atoms with Crippen molar-refractivity contribution in [3.8, 4) is 11.3 Å². The lowest BCUT2D eigenvalue weighted by molar-refractivity contribution is -0.0884. The first kappa shape index (κ1) is 32.8. The molecular weight excluding hydrogens is 630 g/mol. The van der Waals surface area contributed by atoms with E-state index in [2.05, 4.69) is 29.0 Å². The van der Waals surface area contributed by atoms with Gasteiger partial charge >= 0.3 is 6.18 Å². The quantitative estimate of drug-likeness (QED) is 0.295. The molecule has 2 aromatic heterocycles. The second-order valence-electron chi connectivity index (χ2n) is 11.5. The van der Waals surface area contributed by atoms with E-state index < -0.39 is 23.3 Å². The SMILES string of the molecule is CC(C)N1CCN(C(=O)c2ccc(-c3ccc(Cl)cc3Cl)nc2N2CCCC(Nc3ccc(C(=O)C(F)(F)F)c(N)n3)C2)CC1. The Morgan fingerprint density at radius 1 is 0.978 bits per heavy atom. The second-order valence-corrected chi connectivity index (χ2v) is 12.3. The fraction of sp³-hybridized carbons (Fsp3) is 0.419. The van der Waals surface area contributed by atoms with Crippen LogP contribution in [0.3, 0.4) is 0 Å². The van der Waals surface area contributed by atoms with Crippen LogP contribution in [0.5, 0.6) is 0 Å². The molecule has 9 nitrogen and oxygen atoms in total. The number of aromatic nitrogens is 2. The van der Waals surface area contributed by atoms with Crippen LogP contribution in [0.15, 0.2) is 42.5 Å². The van der Waals surface area contributed by atoms with E-state index >= 15 is 0 Å². The van der Waals surface area contributed by atoms with Gasteiger partial charge < -0.3 is 20.9 Å². The van der Waals surface area contributed by atoms with Crippen LogP contribution in [0.1, 0.15) is 47.4 Å². The molecule has 240 valence electrons. The molecule has 2 aliphatic rings. The van der Waals surface area contributed by atoms with Gasteiger partial charge in [0.15, 0.2) is 0 Å². The lowest BCUT2D eigenvalue weighted by Crippen LogP contribution is -2.51. The molecule has 1 amide bonds. The monoisotopic (exact) mass is 663 g/mol. The summed E-state index contributed by atoms with van der Waals surface area (Å²) in [5.41, 5.74) is 6.76. The fourth-order valence-corrected chi connectivity index (χ4v) is 6.22. The van der Waals surface area contributed by atoms with E-state index in [1.54, 1.807) is 30.3 Å². The average Bonchev–Trinajstić information content (AvgIpc) is 3.00. The van der Waals surface area contributed by atoms with Gasteiger partial charge in [0, 0.05) is 61.9 Å². The zero-order chi connectivity index (χ0) is 32.5.